The number of aryl methyl sites for hydroxylation is 1. The zero-order valence-electron chi connectivity index (χ0n) is 11.2. The van der Waals surface area contributed by atoms with Crippen molar-refractivity contribution in [3.05, 3.63) is 51.6 Å². The maximum atomic E-state index is 13.4. The summed E-state index contributed by atoms with van der Waals surface area (Å²) in [7, 11) is 0. The van der Waals surface area contributed by atoms with Gasteiger partial charge in [0.1, 0.15) is 5.82 Å². The highest BCUT2D eigenvalue weighted by molar-refractivity contribution is 6.31. The number of rotatable bonds is 4. The third-order valence-corrected chi connectivity index (χ3v) is 3.63. The maximum absolute atomic E-state index is 13.4. The van der Waals surface area contributed by atoms with Crippen molar-refractivity contribution in [1.82, 2.24) is 9.78 Å². The van der Waals surface area contributed by atoms with Gasteiger partial charge in [-0.05, 0) is 25.5 Å². The van der Waals surface area contributed by atoms with Gasteiger partial charge in [-0.15, -0.1) is 0 Å². The van der Waals surface area contributed by atoms with Gasteiger partial charge in [-0.2, -0.15) is 5.10 Å². The van der Waals surface area contributed by atoms with E-state index in [0.29, 0.717) is 23.4 Å². The largest absolute Gasteiger partial charge is 0.481 e. The summed E-state index contributed by atoms with van der Waals surface area (Å²) in [6.45, 7) is 3.86. The molecule has 0 saturated carbocycles. The molecule has 4 nitrogen and oxygen atoms in total. The molecule has 2 aromatic rings. The molecule has 1 heterocycles. The highest BCUT2D eigenvalue weighted by Gasteiger charge is 2.15. The molecule has 1 aromatic carbocycles. The van der Waals surface area contributed by atoms with Gasteiger partial charge in [0.25, 0.3) is 0 Å². The minimum Gasteiger partial charge on any atom is -0.481 e. The molecule has 20 heavy (non-hydrogen) atoms. The van der Waals surface area contributed by atoms with E-state index in [1.807, 2.05) is 0 Å². The Labute approximate surface area is 120 Å². The second kappa shape index (κ2) is 5.63. The number of hydrogen-bond acceptors (Lipinski definition) is 2. The van der Waals surface area contributed by atoms with Gasteiger partial charge in [-0.25, -0.2) is 4.39 Å². The molecular formula is C14H14ClFN2O2. The molecule has 0 aliphatic rings. The average molecular weight is 297 g/mol. The summed E-state index contributed by atoms with van der Waals surface area (Å²) >= 11 is 5.92. The van der Waals surface area contributed by atoms with Crippen LogP contribution in [0.15, 0.2) is 18.2 Å². The van der Waals surface area contributed by atoms with Gasteiger partial charge in [-0.3, -0.25) is 9.48 Å². The third kappa shape index (κ3) is 2.82. The quantitative estimate of drug-likeness (QED) is 0.943. The van der Waals surface area contributed by atoms with E-state index < -0.39 is 11.8 Å². The molecule has 0 unspecified atom stereocenters. The third-order valence-electron chi connectivity index (χ3n) is 3.21. The van der Waals surface area contributed by atoms with Gasteiger partial charge < -0.3 is 5.11 Å². The second-order valence-corrected chi connectivity index (χ2v) is 4.97. The molecular weight excluding hydrogens is 283 g/mol. The van der Waals surface area contributed by atoms with Crippen LogP contribution in [-0.4, -0.2) is 20.9 Å². The van der Waals surface area contributed by atoms with Crippen molar-refractivity contribution in [3.63, 3.8) is 0 Å². The normalized spacial score (nSPS) is 10.8. The van der Waals surface area contributed by atoms with Gasteiger partial charge in [-0.1, -0.05) is 23.7 Å². The Balaban J connectivity index is 2.35. The molecule has 0 saturated heterocycles. The lowest BCUT2D eigenvalue weighted by molar-refractivity contribution is -0.136. The van der Waals surface area contributed by atoms with E-state index in [-0.39, 0.29) is 11.4 Å². The van der Waals surface area contributed by atoms with Crippen LogP contribution in [0.3, 0.4) is 0 Å². The lowest BCUT2D eigenvalue weighted by atomic mass is 10.1. The maximum Gasteiger partial charge on any atom is 0.307 e. The molecule has 0 radical (unpaired) electrons. The van der Waals surface area contributed by atoms with E-state index in [4.69, 9.17) is 16.7 Å². The highest BCUT2D eigenvalue weighted by Crippen LogP contribution is 2.22. The summed E-state index contributed by atoms with van der Waals surface area (Å²) < 4.78 is 15.0. The van der Waals surface area contributed by atoms with Crippen molar-refractivity contribution in [2.24, 2.45) is 0 Å². The van der Waals surface area contributed by atoms with E-state index in [1.165, 1.54) is 6.07 Å². The van der Waals surface area contributed by atoms with Crippen LogP contribution < -0.4 is 0 Å². The van der Waals surface area contributed by atoms with Gasteiger partial charge in [0.05, 0.1) is 23.7 Å². The van der Waals surface area contributed by atoms with E-state index in [1.54, 1.807) is 30.7 Å². The predicted molar refractivity (Wildman–Crippen MR) is 73.6 cm³/mol. The number of hydrogen-bond donors (Lipinski definition) is 1. The summed E-state index contributed by atoms with van der Waals surface area (Å²) in [4.78, 5) is 10.8. The second-order valence-electron chi connectivity index (χ2n) is 4.59. The molecule has 0 amide bonds. The highest BCUT2D eigenvalue weighted by atomic mass is 35.5. The summed E-state index contributed by atoms with van der Waals surface area (Å²) in [6, 6.07) is 4.60. The van der Waals surface area contributed by atoms with Gasteiger partial charge >= 0.3 is 5.97 Å². The predicted octanol–water partition coefficient (Wildman–Crippen LogP) is 2.97. The Morgan fingerprint density at radius 1 is 1.45 bits per heavy atom. The van der Waals surface area contributed by atoms with E-state index in [2.05, 4.69) is 5.10 Å². The van der Waals surface area contributed by atoms with Crippen molar-refractivity contribution in [2.75, 3.05) is 0 Å². The van der Waals surface area contributed by atoms with Gasteiger partial charge in [0.15, 0.2) is 0 Å². The van der Waals surface area contributed by atoms with Gasteiger partial charge in [0, 0.05) is 11.3 Å². The molecule has 0 aliphatic carbocycles. The summed E-state index contributed by atoms with van der Waals surface area (Å²) in [5.74, 6) is -1.38. The number of carboxylic acids is 1. The fourth-order valence-electron chi connectivity index (χ4n) is 2.13. The SMILES string of the molecule is Cc1nn(Cc2cccc(F)c2Cl)c(C)c1CC(=O)O. The number of carboxylic acid groups (broad SMARTS) is 1. The number of benzene rings is 1. The smallest absolute Gasteiger partial charge is 0.307 e. The molecule has 0 aliphatic heterocycles. The molecule has 1 N–H and O–H groups in total. The molecule has 1 aromatic heterocycles. The average Bonchev–Trinajstić information content (AvgIpc) is 2.62. The number of aliphatic carboxylic acids is 1. The Morgan fingerprint density at radius 3 is 2.80 bits per heavy atom. The Hall–Kier alpha value is -1.88. The fraction of sp³-hybridized carbons (Fsp3) is 0.286. The first-order valence-corrected chi connectivity index (χ1v) is 6.45. The molecule has 2 rings (SSSR count). The Kier molecular flexibility index (Phi) is 4.09. The van der Waals surface area contributed by atoms with Crippen LogP contribution >= 0.6 is 11.6 Å². The minimum atomic E-state index is -0.903. The van der Waals surface area contributed by atoms with Crippen LogP contribution in [0.2, 0.25) is 5.02 Å². The molecule has 0 bridgehead atoms. The topological polar surface area (TPSA) is 55.1 Å². The lowest BCUT2D eigenvalue weighted by Gasteiger charge is -2.07. The summed E-state index contributed by atoms with van der Waals surface area (Å²) in [5.41, 5.74) is 2.71. The van der Waals surface area contributed by atoms with Gasteiger partial charge in [0.2, 0.25) is 0 Å². The zero-order chi connectivity index (χ0) is 14.9. The monoisotopic (exact) mass is 296 g/mol. The summed E-state index contributed by atoms with van der Waals surface area (Å²) in [6.07, 6.45) is -0.0749. The van der Waals surface area contributed by atoms with E-state index >= 15 is 0 Å². The molecule has 6 heteroatoms. The molecule has 0 fully saturated rings. The van der Waals surface area contributed by atoms with E-state index in [0.717, 1.165) is 5.69 Å². The minimum absolute atomic E-state index is 0.0693. The Bertz CT molecular complexity index is 667. The van der Waals surface area contributed by atoms with Crippen LogP contribution in [0.1, 0.15) is 22.5 Å². The molecule has 106 valence electrons. The van der Waals surface area contributed by atoms with Crippen molar-refractivity contribution < 1.29 is 14.3 Å². The molecule has 0 atom stereocenters. The van der Waals surface area contributed by atoms with Crippen molar-refractivity contribution in [2.45, 2.75) is 26.8 Å². The van der Waals surface area contributed by atoms with Crippen LogP contribution in [0.5, 0.6) is 0 Å². The van der Waals surface area contributed by atoms with Crippen LogP contribution in [0.25, 0.3) is 0 Å². The van der Waals surface area contributed by atoms with Crippen LogP contribution in [0, 0.1) is 19.7 Å². The van der Waals surface area contributed by atoms with Crippen LogP contribution in [-0.2, 0) is 17.8 Å². The standard InChI is InChI=1S/C14H14ClFN2O2/c1-8-11(6-13(19)20)9(2)18(17-8)7-10-4-3-5-12(16)14(10)15/h3-5H,6-7H2,1-2H3,(H,19,20). The fourth-order valence-corrected chi connectivity index (χ4v) is 2.31. The number of carbonyl (C=O) groups is 1. The number of nitrogens with zero attached hydrogens (tertiary/aromatic N) is 2. The first kappa shape index (κ1) is 14.5. The summed E-state index contributed by atoms with van der Waals surface area (Å²) in [5, 5.41) is 13.3. The van der Waals surface area contributed by atoms with Crippen LogP contribution in [0.4, 0.5) is 4.39 Å². The zero-order valence-corrected chi connectivity index (χ0v) is 11.9. The number of halogens is 2. The lowest BCUT2D eigenvalue weighted by Crippen LogP contribution is -2.06. The number of aromatic nitrogens is 2. The van der Waals surface area contributed by atoms with E-state index in [9.17, 15) is 9.18 Å². The Morgan fingerprint density at radius 2 is 2.15 bits per heavy atom. The van der Waals surface area contributed by atoms with Crippen molar-refractivity contribution in [1.29, 1.82) is 0 Å². The first-order chi connectivity index (χ1) is 9.40. The first-order valence-electron chi connectivity index (χ1n) is 6.07. The molecule has 0 spiro atoms. The van der Waals surface area contributed by atoms with Crippen molar-refractivity contribution in [3.8, 4) is 0 Å². The van der Waals surface area contributed by atoms with Crippen molar-refractivity contribution >= 4 is 17.6 Å².